The lowest BCUT2D eigenvalue weighted by atomic mass is 9.82. The summed E-state index contributed by atoms with van der Waals surface area (Å²) in [6, 6.07) is 9.40. The van der Waals surface area contributed by atoms with Gasteiger partial charge in [-0.2, -0.15) is 0 Å². The number of nitrogens with one attached hydrogen (secondary N) is 1. The van der Waals surface area contributed by atoms with Gasteiger partial charge in [0.15, 0.2) is 0 Å². The van der Waals surface area contributed by atoms with Crippen LogP contribution in [0.5, 0.6) is 0 Å². The van der Waals surface area contributed by atoms with Crippen LogP contribution in [0, 0.1) is 0 Å². The summed E-state index contributed by atoms with van der Waals surface area (Å²) in [5.41, 5.74) is 6.00. The lowest BCUT2D eigenvalue weighted by Crippen LogP contribution is -2.26. The van der Waals surface area contributed by atoms with Crippen molar-refractivity contribution in [3.05, 3.63) is 66.8 Å². The highest BCUT2D eigenvalue weighted by atomic mass is 19.3. The number of alkyl halides is 4. The molecule has 0 saturated heterocycles. The molecule has 4 rings (SSSR count). The number of rotatable bonds is 7. The fraction of sp³-hybridized carbons (Fsp3) is 0.462. The van der Waals surface area contributed by atoms with E-state index in [4.69, 9.17) is 0 Å². The van der Waals surface area contributed by atoms with Crippen LogP contribution in [-0.2, 0) is 0 Å². The Morgan fingerprint density at radius 1 is 1.14 bits per heavy atom. The summed E-state index contributed by atoms with van der Waals surface area (Å²) in [6.45, 7) is 6.80. The molecule has 3 aromatic rings. The third-order valence-corrected chi connectivity index (χ3v) is 5.86. The number of aromatic nitrogens is 3. The topological polar surface area (TPSA) is 71.5 Å². The van der Waals surface area contributed by atoms with E-state index in [-0.39, 0.29) is 18.3 Å². The average molecular weight is 509 g/mol. The van der Waals surface area contributed by atoms with E-state index in [2.05, 4.69) is 27.6 Å². The lowest BCUT2D eigenvalue weighted by Gasteiger charge is -2.30. The highest BCUT2D eigenvalue weighted by Crippen LogP contribution is 2.34. The first-order valence-corrected chi connectivity index (χ1v) is 12.1. The first-order chi connectivity index (χ1) is 17.3. The summed E-state index contributed by atoms with van der Waals surface area (Å²) in [7, 11) is 1.61. The number of nitrogens with zero attached hydrogens (tertiary/aromatic N) is 4. The van der Waals surface area contributed by atoms with Crippen molar-refractivity contribution in [1.82, 2.24) is 14.4 Å². The zero-order valence-corrected chi connectivity index (χ0v) is 21.0. The van der Waals surface area contributed by atoms with Gasteiger partial charge >= 0.3 is 0 Å². The molecule has 0 unspecified atom stereocenters. The Kier molecular flexibility index (Phi) is 11.5. The van der Waals surface area contributed by atoms with Gasteiger partial charge in [0.1, 0.15) is 23.0 Å². The van der Waals surface area contributed by atoms with Gasteiger partial charge < -0.3 is 16.0 Å². The SMILES string of the molecule is C=CN.CC.CN(CC(F)F)c1ccc(C2CCC(Nc3cccc4nc(C(F)F)cn34)CC2)cn1. The fourth-order valence-corrected chi connectivity index (χ4v) is 4.20. The maximum absolute atomic E-state index is 13.0. The molecule has 0 aromatic carbocycles. The molecular formula is C26H36F4N6. The Bertz CT molecular complexity index is 1050. The predicted molar refractivity (Wildman–Crippen MR) is 138 cm³/mol. The van der Waals surface area contributed by atoms with Crippen LogP contribution < -0.4 is 16.0 Å². The maximum Gasteiger partial charge on any atom is 0.281 e. The minimum absolute atomic E-state index is 0.229. The summed E-state index contributed by atoms with van der Waals surface area (Å²) in [6.07, 6.45) is 3.22. The van der Waals surface area contributed by atoms with Crippen LogP contribution in [0.2, 0.25) is 0 Å². The summed E-state index contributed by atoms with van der Waals surface area (Å²) in [5, 5.41) is 3.48. The summed E-state index contributed by atoms with van der Waals surface area (Å²) >= 11 is 0. The lowest BCUT2D eigenvalue weighted by molar-refractivity contribution is 0.146. The van der Waals surface area contributed by atoms with Crippen LogP contribution in [-0.4, -0.2) is 40.4 Å². The standard InChI is InChI=1S/C22H25F4N5.C2H5N.C2H6/c1-30(13-18(23)24)19-10-7-15(11-27-19)14-5-8-16(9-6-14)28-20-3-2-4-21-29-17(22(25)26)12-31(20)21;1-2-3;1-2/h2-4,7,10-12,14,16,18,22,28H,5-6,8-9,13H2,1H3;2H,1,3H2;1-2H3. The average Bonchev–Trinajstić information content (AvgIpc) is 3.32. The van der Waals surface area contributed by atoms with Crippen molar-refractivity contribution < 1.29 is 17.6 Å². The molecule has 198 valence electrons. The van der Waals surface area contributed by atoms with E-state index in [0.29, 0.717) is 17.4 Å². The molecule has 0 radical (unpaired) electrons. The van der Waals surface area contributed by atoms with E-state index < -0.39 is 12.9 Å². The van der Waals surface area contributed by atoms with Crippen molar-refractivity contribution in [1.29, 1.82) is 0 Å². The first kappa shape index (κ1) is 28.9. The van der Waals surface area contributed by atoms with E-state index in [0.717, 1.165) is 37.1 Å². The van der Waals surface area contributed by atoms with Crippen molar-refractivity contribution in [2.45, 2.75) is 64.3 Å². The molecule has 0 bridgehead atoms. The van der Waals surface area contributed by atoms with Crippen LogP contribution in [0.15, 0.2) is 55.5 Å². The van der Waals surface area contributed by atoms with Crippen LogP contribution in [0.1, 0.15) is 63.1 Å². The zero-order valence-electron chi connectivity index (χ0n) is 21.0. The number of imidazole rings is 1. The largest absolute Gasteiger partial charge is 0.405 e. The van der Waals surface area contributed by atoms with Gasteiger partial charge in [-0.3, -0.25) is 4.40 Å². The first-order valence-electron chi connectivity index (χ1n) is 12.1. The Balaban J connectivity index is 0.000000850. The second-order valence-corrected chi connectivity index (χ2v) is 8.26. The van der Waals surface area contributed by atoms with E-state index in [1.807, 2.05) is 32.0 Å². The van der Waals surface area contributed by atoms with E-state index in [1.165, 1.54) is 17.3 Å². The minimum Gasteiger partial charge on any atom is -0.405 e. The number of fused-ring (bicyclic) bond motifs is 1. The normalized spacial score (nSPS) is 17.1. The second-order valence-electron chi connectivity index (χ2n) is 8.26. The highest BCUT2D eigenvalue weighted by molar-refractivity contribution is 5.51. The Labute approximate surface area is 210 Å². The van der Waals surface area contributed by atoms with Crippen molar-refractivity contribution in [3.63, 3.8) is 0 Å². The van der Waals surface area contributed by atoms with Gasteiger partial charge in [-0.05, 0) is 61.6 Å². The molecule has 0 aliphatic heterocycles. The minimum atomic E-state index is -2.60. The van der Waals surface area contributed by atoms with Crippen molar-refractivity contribution in [2.24, 2.45) is 5.73 Å². The molecule has 10 heteroatoms. The fourth-order valence-electron chi connectivity index (χ4n) is 4.20. The zero-order chi connectivity index (χ0) is 26.7. The van der Waals surface area contributed by atoms with E-state index >= 15 is 0 Å². The number of hydrogen-bond acceptors (Lipinski definition) is 5. The number of anilines is 2. The Morgan fingerprint density at radius 3 is 2.36 bits per heavy atom. The molecule has 36 heavy (non-hydrogen) atoms. The quantitative estimate of drug-likeness (QED) is 0.351. The van der Waals surface area contributed by atoms with Gasteiger partial charge in [-0.15, -0.1) is 0 Å². The number of pyridine rings is 2. The van der Waals surface area contributed by atoms with Gasteiger partial charge in [0.05, 0.1) is 6.54 Å². The van der Waals surface area contributed by atoms with Gasteiger partial charge in [0.2, 0.25) is 0 Å². The van der Waals surface area contributed by atoms with Crippen LogP contribution in [0.4, 0.5) is 29.2 Å². The van der Waals surface area contributed by atoms with Crippen LogP contribution >= 0.6 is 0 Å². The number of hydrogen-bond donors (Lipinski definition) is 2. The smallest absolute Gasteiger partial charge is 0.281 e. The van der Waals surface area contributed by atoms with E-state index in [1.54, 1.807) is 29.8 Å². The molecule has 1 fully saturated rings. The summed E-state index contributed by atoms with van der Waals surface area (Å²) < 4.78 is 52.7. The van der Waals surface area contributed by atoms with Gasteiger partial charge in [0.25, 0.3) is 12.9 Å². The van der Waals surface area contributed by atoms with Gasteiger partial charge in [0, 0.05) is 25.5 Å². The number of halogens is 4. The molecule has 0 atom stereocenters. The molecule has 3 N–H and O–H groups in total. The van der Waals surface area contributed by atoms with Crippen molar-refractivity contribution in [3.8, 4) is 0 Å². The van der Waals surface area contributed by atoms with Crippen LogP contribution in [0.3, 0.4) is 0 Å². The molecule has 1 saturated carbocycles. The second kappa shape index (κ2) is 14.3. The molecular weight excluding hydrogens is 472 g/mol. The molecule has 1 aliphatic carbocycles. The monoisotopic (exact) mass is 508 g/mol. The van der Waals surface area contributed by atoms with Crippen LogP contribution in [0.25, 0.3) is 5.65 Å². The Hall–Kier alpha value is -3.30. The summed E-state index contributed by atoms with van der Waals surface area (Å²) in [5.74, 6) is 1.67. The maximum atomic E-state index is 13.0. The molecule has 0 spiro atoms. The Morgan fingerprint density at radius 2 is 1.81 bits per heavy atom. The molecule has 3 heterocycles. The summed E-state index contributed by atoms with van der Waals surface area (Å²) in [4.78, 5) is 9.77. The van der Waals surface area contributed by atoms with Crippen molar-refractivity contribution >= 4 is 17.3 Å². The molecule has 0 amide bonds. The van der Waals surface area contributed by atoms with Gasteiger partial charge in [-0.25, -0.2) is 27.5 Å². The van der Waals surface area contributed by atoms with E-state index in [9.17, 15) is 17.6 Å². The third kappa shape index (κ3) is 7.86. The van der Waals surface area contributed by atoms with Crippen molar-refractivity contribution in [2.75, 3.05) is 23.8 Å². The molecule has 3 aromatic heterocycles. The number of nitrogens with two attached hydrogens (primary N) is 1. The highest BCUT2D eigenvalue weighted by Gasteiger charge is 2.24. The van der Waals surface area contributed by atoms with Gasteiger partial charge in [-0.1, -0.05) is 32.6 Å². The predicted octanol–water partition coefficient (Wildman–Crippen LogP) is 6.62. The molecule has 6 nitrogen and oxygen atoms in total. The molecule has 1 aliphatic rings. The third-order valence-electron chi connectivity index (χ3n) is 5.86.